The molecule has 0 aliphatic carbocycles. The highest BCUT2D eigenvalue weighted by Gasteiger charge is 2.22. The lowest BCUT2D eigenvalue weighted by Gasteiger charge is -2.20. The first-order valence-electron chi connectivity index (χ1n) is 9.71. The van der Waals surface area contributed by atoms with E-state index in [1.807, 2.05) is 24.3 Å². The lowest BCUT2D eigenvalue weighted by atomic mass is 10.0. The van der Waals surface area contributed by atoms with Gasteiger partial charge in [0.15, 0.2) is 9.84 Å². The lowest BCUT2D eigenvalue weighted by Crippen LogP contribution is -2.32. The number of amides is 1. The number of ether oxygens (including phenoxy) is 2. The summed E-state index contributed by atoms with van der Waals surface area (Å²) in [6, 6.07) is 15.6. The van der Waals surface area contributed by atoms with E-state index in [0.29, 0.717) is 31.1 Å². The molecule has 0 N–H and O–H groups in total. The van der Waals surface area contributed by atoms with E-state index in [-0.39, 0.29) is 10.8 Å². The number of sulfone groups is 1. The topological polar surface area (TPSA) is 85.8 Å². The summed E-state index contributed by atoms with van der Waals surface area (Å²) in [5, 5.41) is 0. The maximum Gasteiger partial charge on any atom is 0.254 e. The van der Waals surface area contributed by atoms with Gasteiger partial charge in [-0.2, -0.15) is 0 Å². The molecule has 1 amide bonds. The standard InChI is InChI=1S/C23H22N2O5S/c1-29-22-10-6-18(14-24-22)17-5-9-21-19(13-17)15-25(11-12-30-21)23(26)16-3-7-20(8-4-16)31(2,27)28/h3-10,13-14H,11-12,15H2,1-2H3. The molecule has 7 nitrogen and oxygen atoms in total. The molecule has 1 aromatic heterocycles. The van der Waals surface area contributed by atoms with Crippen LogP contribution in [0.5, 0.6) is 11.6 Å². The average molecular weight is 439 g/mol. The molecule has 1 aliphatic heterocycles. The molecule has 0 unspecified atom stereocenters. The SMILES string of the molecule is COc1ccc(-c2ccc3c(c2)CN(C(=O)c2ccc(S(C)(=O)=O)cc2)CCO3)cn1. The Kier molecular flexibility index (Phi) is 5.65. The molecule has 0 fully saturated rings. The number of benzene rings is 2. The van der Waals surface area contributed by atoms with Gasteiger partial charge in [-0.15, -0.1) is 0 Å². The Bertz CT molecular complexity index is 1210. The van der Waals surface area contributed by atoms with Crippen LogP contribution in [0.3, 0.4) is 0 Å². The van der Waals surface area contributed by atoms with E-state index in [4.69, 9.17) is 9.47 Å². The molecule has 8 heteroatoms. The van der Waals surface area contributed by atoms with Crippen molar-refractivity contribution in [3.8, 4) is 22.8 Å². The first-order chi connectivity index (χ1) is 14.8. The van der Waals surface area contributed by atoms with Crippen molar-refractivity contribution in [2.75, 3.05) is 26.5 Å². The smallest absolute Gasteiger partial charge is 0.254 e. The normalized spacial score (nSPS) is 13.7. The Labute approximate surface area is 181 Å². The number of carbonyl (C=O) groups excluding carboxylic acids is 1. The zero-order valence-electron chi connectivity index (χ0n) is 17.2. The summed E-state index contributed by atoms with van der Waals surface area (Å²) >= 11 is 0. The molecule has 31 heavy (non-hydrogen) atoms. The van der Waals surface area contributed by atoms with Gasteiger partial charge in [0.05, 0.1) is 18.6 Å². The van der Waals surface area contributed by atoms with E-state index in [2.05, 4.69) is 4.98 Å². The molecule has 160 valence electrons. The summed E-state index contributed by atoms with van der Waals surface area (Å²) in [4.78, 5) is 19.2. The van der Waals surface area contributed by atoms with Gasteiger partial charge in [0.25, 0.3) is 5.91 Å². The number of hydrogen-bond acceptors (Lipinski definition) is 6. The van der Waals surface area contributed by atoms with E-state index in [1.165, 1.54) is 12.1 Å². The van der Waals surface area contributed by atoms with Crippen LogP contribution in [0.25, 0.3) is 11.1 Å². The van der Waals surface area contributed by atoms with Gasteiger partial charge in [-0.25, -0.2) is 13.4 Å². The fraction of sp³-hybridized carbons (Fsp3) is 0.217. The molecule has 3 aromatic rings. The minimum atomic E-state index is -3.31. The van der Waals surface area contributed by atoms with Gasteiger partial charge >= 0.3 is 0 Å². The van der Waals surface area contributed by atoms with Crippen molar-refractivity contribution >= 4 is 15.7 Å². The van der Waals surface area contributed by atoms with Gasteiger partial charge < -0.3 is 14.4 Å². The van der Waals surface area contributed by atoms with Gasteiger partial charge in [-0.1, -0.05) is 6.07 Å². The molecular weight excluding hydrogens is 416 g/mol. The molecule has 0 radical (unpaired) electrons. The molecule has 4 rings (SSSR count). The van der Waals surface area contributed by atoms with Crippen molar-refractivity contribution in [3.05, 3.63) is 71.9 Å². The molecule has 1 aliphatic rings. The highest BCUT2D eigenvalue weighted by Crippen LogP contribution is 2.30. The number of methoxy groups -OCH3 is 1. The largest absolute Gasteiger partial charge is 0.491 e. The van der Waals surface area contributed by atoms with Crippen molar-refractivity contribution in [2.24, 2.45) is 0 Å². The molecule has 0 bridgehead atoms. The van der Waals surface area contributed by atoms with Crippen LogP contribution in [0.15, 0.2) is 65.7 Å². The van der Waals surface area contributed by atoms with Crippen LogP contribution < -0.4 is 9.47 Å². The fourth-order valence-corrected chi connectivity index (χ4v) is 4.08. The van der Waals surface area contributed by atoms with Crippen LogP contribution in [-0.4, -0.2) is 50.7 Å². The summed E-state index contributed by atoms with van der Waals surface area (Å²) in [5.74, 6) is 1.11. The van der Waals surface area contributed by atoms with Crippen LogP contribution in [0, 0.1) is 0 Å². The van der Waals surface area contributed by atoms with Crippen molar-refractivity contribution in [2.45, 2.75) is 11.4 Å². The number of nitrogens with zero attached hydrogens (tertiary/aromatic N) is 2. The molecule has 2 aromatic carbocycles. The second-order valence-corrected chi connectivity index (χ2v) is 9.30. The van der Waals surface area contributed by atoms with Crippen LogP contribution in [0.1, 0.15) is 15.9 Å². The van der Waals surface area contributed by atoms with Gasteiger partial charge in [0, 0.05) is 41.8 Å². The quantitative estimate of drug-likeness (QED) is 0.622. The van der Waals surface area contributed by atoms with Gasteiger partial charge in [-0.05, 0) is 48.0 Å². The number of hydrogen-bond donors (Lipinski definition) is 0. The molecular formula is C23H22N2O5S. The lowest BCUT2D eigenvalue weighted by molar-refractivity contribution is 0.0733. The van der Waals surface area contributed by atoms with Crippen molar-refractivity contribution in [1.29, 1.82) is 0 Å². The van der Waals surface area contributed by atoms with Crippen molar-refractivity contribution < 1.29 is 22.7 Å². The second-order valence-electron chi connectivity index (χ2n) is 7.28. The Morgan fingerprint density at radius 2 is 1.81 bits per heavy atom. The molecule has 2 heterocycles. The van der Waals surface area contributed by atoms with Gasteiger partial charge in [0.1, 0.15) is 12.4 Å². The third-order valence-corrected chi connectivity index (χ3v) is 6.26. The Balaban J connectivity index is 1.58. The first kappa shape index (κ1) is 20.9. The van der Waals surface area contributed by atoms with E-state index in [0.717, 1.165) is 28.7 Å². The maximum atomic E-state index is 13.0. The summed E-state index contributed by atoms with van der Waals surface area (Å²) in [7, 11) is -1.74. The van der Waals surface area contributed by atoms with Gasteiger partial charge in [0.2, 0.25) is 5.88 Å². The van der Waals surface area contributed by atoms with Gasteiger partial charge in [-0.3, -0.25) is 4.79 Å². The summed E-state index contributed by atoms with van der Waals surface area (Å²) in [6.45, 7) is 1.20. The predicted molar refractivity (Wildman–Crippen MR) is 116 cm³/mol. The predicted octanol–water partition coefficient (Wildman–Crippen LogP) is 3.20. The third-order valence-electron chi connectivity index (χ3n) is 5.14. The Morgan fingerprint density at radius 3 is 2.45 bits per heavy atom. The van der Waals surface area contributed by atoms with Crippen LogP contribution in [0.2, 0.25) is 0 Å². The minimum absolute atomic E-state index is 0.173. The summed E-state index contributed by atoms with van der Waals surface area (Å²) in [6.07, 6.45) is 2.88. The molecule has 0 saturated carbocycles. The van der Waals surface area contributed by atoms with E-state index in [1.54, 1.807) is 36.4 Å². The summed E-state index contributed by atoms with van der Waals surface area (Å²) < 4.78 is 34.3. The zero-order chi connectivity index (χ0) is 22.0. The monoisotopic (exact) mass is 438 g/mol. The van der Waals surface area contributed by atoms with Crippen LogP contribution in [0.4, 0.5) is 0 Å². The highest BCUT2D eigenvalue weighted by molar-refractivity contribution is 7.90. The first-order valence-corrected chi connectivity index (χ1v) is 11.6. The van der Waals surface area contributed by atoms with Crippen molar-refractivity contribution in [1.82, 2.24) is 9.88 Å². The minimum Gasteiger partial charge on any atom is -0.491 e. The second kappa shape index (κ2) is 8.39. The van der Waals surface area contributed by atoms with Crippen LogP contribution in [-0.2, 0) is 16.4 Å². The van der Waals surface area contributed by atoms with Crippen molar-refractivity contribution in [3.63, 3.8) is 0 Å². The molecule has 0 spiro atoms. The van der Waals surface area contributed by atoms with Crippen LogP contribution >= 0.6 is 0 Å². The summed E-state index contributed by atoms with van der Waals surface area (Å²) in [5.41, 5.74) is 3.23. The number of fused-ring (bicyclic) bond motifs is 1. The maximum absolute atomic E-state index is 13.0. The van der Waals surface area contributed by atoms with E-state index < -0.39 is 9.84 Å². The highest BCUT2D eigenvalue weighted by atomic mass is 32.2. The number of pyridine rings is 1. The Morgan fingerprint density at radius 1 is 1.06 bits per heavy atom. The van der Waals surface area contributed by atoms with E-state index in [9.17, 15) is 13.2 Å². The molecule has 0 atom stereocenters. The molecule has 0 saturated heterocycles. The zero-order valence-corrected chi connectivity index (χ0v) is 18.1. The van der Waals surface area contributed by atoms with E-state index >= 15 is 0 Å². The Hall–Kier alpha value is -3.39. The number of rotatable bonds is 4. The number of aromatic nitrogens is 1. The fourth-order valence-electron chi connectivity index (χ4n) is 3.45. The average Bonchev–Trinajstić information content (AvgIpc) is 3.00. The third kappa shape index (κ3) is 4.54. The number of carbonyl (C=O) groups is 1.